The fourth-order valence-corrected chi connectivity index (χ4v) is 3.45. The van der Waals surface area contributed by atoms with Crippen LogP contribution in [0.15, 0.2) is 29.2 Å². The van der Waals surface area contributed by atoms with Gasteiger partial charge in [-0.1, -0.05) is 26.0 Å². The summed E-state index contributed by atoms with van der Waals surface area (Å²) in [4.78, 5) is 10.8. The molecule has 0 amide bonds. The molecule has 0 atom stereocenters. The maximum atomic E-state index is 12.4. The van der Waals surface area contributed by atoms with Crippen molar-refractivity contribution < 1.29 is 18.3 Å². The lowest BCUT2D eigenvalue weighted by molar-refractivity contribution is -0.255. The van der Waals surface area contributed by atoms with Gasteiger partial charge in [0.15, 0.2) is 0 Å². The van der Waals surface area contributed by atoms with Crippen LogP contribution in [0.3, 0.4) is 0 Å². The Bertz CT molecular complexity index is 533. The third-order valence-corrected chi connectivity index (χ3v) is 4.55. The smallest absolute Gasteiger partial charge is 0.243 e. The molecular formula is C13H18NO4S-. The Morgan fingerprint density at radius 2 is 1.79 bits per heavy atom. The van der Waals surface area contributed by atoms with Crippen molar-refractivity contribution in [3.05, 3.63) is 29.8 Å². The summed E-state index contributed by atoms with van der Waals surface area (Å²) in [5.74, 6) is -1.38. The van der Waals surface area contributed by atoms with Gasteiger partial charge in [-0.05, 0) is 30.5 Å². The van der Waals surface area contributed by atoms with E-state index in [4.69, 9.17) is 0 Å². The molecule has 0 bridgehead atoms. The Hall–Kier alpha value is -1.40. The van der Waals surface area contributed by atoms with E-state index in [2.05, 4.69) is 0 Å². The van der Waals surface area contributed by atoms with E-state index < -0.39 is 16.0 Å². The van der Waals surface area contributed by atoms with E-state index in [0.717, 1.165) is 6.07 Å². The standard InChI is InChI=1S/C13H19NO4S/c1-3-8-14(9-4-2)19(17,18)12-7-5-6-11(10-12)13(15)16/h5-7,10H,3-4,8-9H2,1-2H3,(H,15,16)/p-1. The molecule has 0 saturated heterocycles. The van der Waals surface area contributed by atoms with Crippen LogP contribution in [0.5, 0.6) is 0 Å². The van der Waals surface area contributed by atoms with Crippen molar-refractivity contribution in [1.82, 2.24) is 4.31 Å². The zero-order valence-corrected chi connectivity index (χ0v) is 11.9. The van der Waals surface area contributed by atoms with Gasteiger partial charge in [0.05, 0.1) is 10.9 Å². The second kappa shape index (κ2) is 6.68. The second-order valence-electron chi connectivity index (χ2n) is 4.22. The molecule has 0 aliphatic rings. The average molecular weight is 284 g/mol. The molecule has 0 unspecified atom stereocenters. The van der Waals surface area contributed by atoms with E-state index in [1.165, 1.54) is 22.5 Å². The second-order valence-corrected chi connectivity index (χ2v) is 6.16. The first-order valence-corrected chi connectivity index (χ1v) is 7.69. The summed E-state index contributed by atoms with van der Waals surface area (Å²) in [5, 5.41) is 10.8. The van der Waals surface area contributed by atoms with Crippen LogP contribution in [0.4, 0.5) is 0 Å². The van der Waals surface area contributed by atoms with Crippen LogP contribution in [0, 0.1) is 0 Å². The molecule has 19 heavy (non-hydrogen) atoms. The summed E-state index contributed by atoms with van der Waals surface area (Å²) >= 11 is 0. The Kier molecular flexibility index (Phi) is 5.50. The van der Waals surface area contributed by atoms with Crippen molar-refractivity contribution in [2.24, 2.45) is 0 Å². The minimum absolute atomic E-state index is 0.00361. The van der Waals surface area contributed by atoms with Crippen molar-refractivity contribution in [3.8, 4) is 0 Å². The van der Waals surface area contributed by atoms with Gasteiger partial charge in [-0.3, -0.25) is 0 Å². The lowest BCUT2D eigenvalue weighted by atomic mass is 10.2. The molecule has 0 saturated carbocycles. The molecule has 1 rings (SSSR count). The van der Waals surface area contributed by atoms with Crippen molar-refractivity contribution >= 4 is 16.0 Å². The third kappa shape index (κ3) is 3.78. The Labute approximate surface area is 113 Å². The molecule has 6 heteroatoms. The average Bonchev–Trinajstić information content (AvgIpc) is 2.38. The topological polar surface area (TPSA) is 77.5 Å². The van der Waals surface area contributed by atoms with E-state index in [1.54, 1.807) is 0 Å². The van der Waals surface area contributed by atoms with Gasteiger partial charge in [0, 0.05) is 13.1 Å². The van der Waals surface area contributed by atoms with E-state index in [1.807, 2.05) is 13.8 Å². The molecule has 0 aliphatic carbocycles. The number of rotatable bonds is 7. The lowest BCUT2D eigenvalue weighted by Crippen LogP contribution is -2.33. The Balaban J connectivity index is 3.17. The molecule has 0 fully saturated rings. The lowest BCUT2D eigenvalue weighted by Gasteiger charge is -2.21. The quantitative estimate of drug-likeness (QED) is 0.744. The largest absolute Gasteiger partial charge is 0.545 e. The highest BCUT2D eigenvalue weighted by Gasteiger charge is 2.23. The number of carboxylic acids is 1. The zero-order chi connectivity index (χ0) is 14.5. The summed E-state index contributed by atoms with van der Waals surface area (Å²) in [6, 6.07) is 5.27. The van der Waals surface area contributed by atoms with Gasteiger partial charge in [0.1, 0.15) is 0 Å². The molecule has 0 spiro atoms. The van der Waals surface area contributed by atoms with Gasteiger partial charge >= 0.3 is 0 Å². The van der Waals surface area contributed by atoms with Crippen LogP contribution in [0.2, 0.25) is 0 Å². The number of hydrogen-bond donors (Lipinski definition) is 0. The van der Waals surface area contributed by atoms with E-state index in [0.29, 0.717) is 25.9 Å². The number of sulfonamides is 1. The normalized spacial score (nSPS) is 11.7. The van der Waals surface area contributed by atoms with Gasteiger partial charge in [-0.2, -0.15) is 4.31 Å². The van der Waals surface area contributed by atoms with Crippen molar-refractivity contribution in [2.45, 2.75) is 31.6 Å². The first-order chi connectivity index (χ1) is 8.93. The summed E-state index contributed by atoms with van der Waals surface area (Å²) in [5.41, 5.74) is -0.131. The minimum atomic E-state index is -3.64. The first kappa shape index (κ1) is 15.7. The molecule has 5 nitrogen and oxygen atoms in total. The van der Waals surface area contributed by atoms with E-state index >= 15 is 0 Å². The third-order valence-electron chi connectivity index (χ3n) is 2.65. The van der Waals surface area contributed by atoms with Gasteiger partial charge < -0.3 is 9.90 Å². The van der Waals surface area contributed by atoms with Gasteiger partial charge in [-0.15, -0.1) is 0 Å². The van der Waals surface area contributed by atoms with E-state index in [9.17, 15) is 18.3 Å². The first-order valence-electron chi connectivity index (χ1n) is 6.25. The molecule has 0 N–H and O–H groups in total. The van der Waals surface area contributed by atoms with E-state index in [-0.39, 0.29) is 10.5 Å². The van der Waals surface area contributed by atoms with Crippen LogP contribution < -0.4 is 5.11 Å². The molecule has 106 valence electrons. The fourth-order valence-electron chi connectivity index (χ4n) is 1.78. The highest BCUT2D eigenvalue weighted by Crippen LogP contribution is 2.17. The molecule has 1 aromatic rings. The number of benzene rings is 1. The van der Waals surface area contributed by atoms with Crippen LogP contribution in [0.25, 0.3) is 0 Å². The predicted molar refractivity (Wildman–Crippen MR) is 70.1 cm³/mol. The number of carbonyl (C=O) groups excluding carboxylic acids is 1. The fraction of sp³-hybridized carbons (Fsp3) is 0.462. The molecule has 0 heterocycles. The monoisotopic (exact) mass is 284 g/mol. The maximum Gasteiger partial charge on any atom is 0.243 e. The van der Waals surface area contributed by atoms with Gasteiger partial charge in [-0.25, -0.2) is 8.42 Å². The molecule has 0 aromatic heterocycles. The number of carboxylic acid groups (broad SMARTS) is 1. The van der Waals surface area contributed by atoms with Crippen LogP contribution >= 0.6 is 0 Å². The Morgan fingerprint density at radius 1 is 1.21 bits per heavy atom. The van der Waals surface area contributed by atoms with Crippen LogP contribution in [-0.2, 0) is 10.0 Å². The summed E-state index contributed by atoms with van der Waals surface area (Å²) < 4.78 is 26.2. The van der Waals surface area contributed by atoms with Crippen molar-refractivity contribution in [2.75, 3.05) is 13.1 Å². The number of nitrogens with zero attached hydrogens (tertiary/aromatic N) is 1. The van der Waals surface area contributed by atoms with Crippen LogP contribution in [0.1, 0.15) is 37.0 Å². The Morgan fingerprint density at radius 3 is 2.26 bits per heavy atom. The molecular weight excluding hydrogens is 266 g/mol. The predicted octanol–water partition coefficient (Wildman–Crippen LogP) is 0.861. The zero-order valence-electron chi connectivity index (χ0n) is 11.1. The number of carbonyl (C=O) groups is 1. The molecule has 0 radical (unpaired) electrons. The summed E-state index contributed by atoms with van der Waals surface area (Å²) in [6.07, 6.45) is 1.42. The highest BCUT2D eigenvalue weighted by molar-refractivity contribution is 7.89. The van der Waals surface area contributed by atoms with Gasteiger partial charge in [0.25, 0.3) is 0 Å². The maximum absolute atomic E-state index is 12.4. The summed E-state index contributed by atoms with van der Waals surface area (Å²) in [6.45, 7) is 4.64. The van der Waals surface area contributed by atoms with Crippen molar-refractivity contribution in [1.29, 1.82) is 0 Å². The summed E-state index contributed by atoms with van der Waals surface area (Å²) in [7, 11) is -3.64. The number of aromatic carboxylic acids is 1. The van der Waals surface area contributed by atoms with Crippen LogP contribution in [-0.4, -0.2) is 31.8 Å². The van der Waals surface area contributed by atoms with Gasteiger partial charge in [0.2, 0.25) is 10.0 Å². The molecule has 1 aromatic carbocycles. The minimum Gasteiger partial charge on any atom is -0.545 e. The molecule has 0 aliphatic heterocycles. The SMILES string of the molecule is CCCN(CCC)S(=O)(=O)c1cccc(C(=O)[O-])c1. The number of hydrogen-bond acceptors (Lipinski definition) is 4. The highest BCUT2D eigenvalue weighted by atomic mass is 32.2. The van der Waals surface area contributed by atoms with Crippen molar-refractivity contribution in [3.63, 3.8) is 0 Å².